The van der Waals surface area contributed by atoms with Crippen LogP contribution in [-0.4, -0.2) is 20.7 Å². The third-order valence-electron chi connectivity index (χ3n) is 3.15. The second-order valence-corrected chi connectivity index (χ2v) is 11.9. The molecule has 0 amide bonds. The molecule has 1 unspecified atom stereocenters. The number of carbonyl (C=O) groups is 1. The van der Waals surface area contributed by atoms with E-state index >= 15 is 0 Å². The highest BCUT2D eigenvalue weighted by Crippen LogP contribution is 2.23. The standard InChI is InChI=1S/C16H32O2Si/c1-7-10-11-14(8-2)12-15(13-19(4,5)6)16(17)18-9-3/h12,14H,7-11,13H2,1-6H3/b15-12+. The molecule has 0 bridgehead atoms. The first-order chi connectivity index (χ1) is 8.84. The number of carbonyl (C=O) groups excluding carboxylic acids is 1. The van der Waals surface area contributed by atoms with Gasteiger partial charge in [-0.3, -0.25) is 0 Å². The Morgan fingerprint density at radius 1 is 1.21 bits per heavy atom. The first-order valence-corrected chi connectivity index (χ1v) is 11.4. The van der Waals surface area contributed by atoms with Gasteiger partial charge in [0.05, 0.1) is 6.61 Å². The molecule has 0 rings (SSSR count). The van der Waals surface area contributed by atoms with E-state index < -0.39 is 8.07 Å². The van der Waals surface area contributed by atoms with E-state index in [-0.39, 0.29) is 5.97 Å². The first kappa shape index (κ1) is 18.4. The van der Waals surface area contributed by atoms with Crippen molar-refractivity contribution in [1.29, 1.82) is 0 Å². The van der Waals surface area contributed by atoms with Gasteiger partial charge in [0.2, 0.25) is 0 Å². The zero-order valence-corrected chi connectivity index (χ0v) is 14.7. The second kappa shape index (κ2) is 9.35. The summed E-state index contributed by atoms with van der Waals surface area (Å²) in [6.07, 6.45) is 6.94. The predicted molar refractivity (Wildman–Crippen MR) is 86.2 cm³/mol. The van der Waals surface area contributed by atoms with Crippen LogP contribution in [0, 0.1) is 5.92 Å². The second-order valence-electron chi connectivity index (χ2n) is 6.46. The fourth-order valence-electron chi connectivity index (χ4n) is 2.15. The maximum absolute atomic E-state index is 12.1. The van der Waals surface area contributed by atoms with Gasteiger partial charge in [0.15, 0.2) is 0 Å². The van der Waals surface area contributed by atoms with Crippen LogP contribution in [0.1, 0.15) is 46.5 Å². The van der Waals surface area contributed by atoms with E-state index in [1.165, 1.54) is 19.3 Å². The molecule has 0 radical (unpaired) electrons. The molecular formula is C16H32O2Si. The van der Waals surface area contributed by atoms with Gasteiger partial charge in [-0.25, -0.2) is 4.79 Å². The number of hydrogen-bond acceptors (Lipinski definition) is 2. The monoisotopic (exact) mass is 284 g/mol. The Balaban J connectivity index is 4.91. The summed E-state index contributed by atoms with van der Waals surface area (Å²) in [5.41, 5.74) is 0.920. The van der Waals surface area contributed by atoms with E-state index in [9.17, 15) is 4.79 Å². The van der Waals surface area contributed by atoms with Crippen LogP contribution in [0.4, 0.5) is 0 Å². The molecule has 0 aliphatic rings. The topological polar surface area (TPSA) is 26.3 Å². The van der Waals surface area contributed by atoms with Crippen molar-refractivity contribution in [3.05, 3.63) is 11.6 Å². The number of allylic oxidation sites excluding steroid dienone is 1. The predicted octanol–water partition coefficient (Wildman–Crippen LogP) is 5.03. The molecule has 0 aromatic rings. The third-order valence-corrected chi connectivity index (χ3v) is 4.59. The summed E-state index contributed by atoms with van der Waals surface area (Å²) in [6, 6.07) is 0.925. The molecule has 0 aliphatic carbocycles. The Kier molecular flexibility index (Phi) is 9.07. The van der Waals surface area contributed by atoms with Crippen LogP contribution in [-0.2, 0) is 9.53 Å². The molecule has 3 heteroatoms. The minimum absolute atomic E-state index is 0.0973. The van der Waals surface area contributed by atoms with E-state index in [1.54, 1.807) is 0 Å². The normalized spacial score (nSPS) is 14.3. The Hall–Kier alpha value is -0.573. The van der Waals surface area contributed by atoms with Gasteiger partial charge in [-0.05, 0) is 31.7 Å². The molecule has 0 fully saturated rings. The summed E-state index contributed by atoms with van der Waals surface area (Å²) < 4.78 is 5.21. The molecule has 112 valence electrons. The molecular weight excluding hydrogens is 252 g/mol. The number of rotatable bonds is 9. The van der Waals surface area contributed by atoms with Crippen LogP contribution < -0.4 is 0 Å². The van der Waals surface area contributed by atoms with Crippen molar-refractivity contribution in [2.75, 3.05) is 6.61 Å². The van der Waals surface area contributed by atoms with Gasteiger partial charge < -0.3 is 4.74 Å². The van der Waals surface area contributed by atoms with Gasteiger partial charge >= 0.3 is 5.97 Å². The van der Waals surface area contributed by atoms with Crippen LogP contribution in [0.2, 0.25) is 25.7 Å². The Labute approximate surface area is 120 Å². The lowest BCUT2D eigenvalue weighted by molar-refractivity contribution is -0.138. The highest BCUT2D eigenvalue weighted by molar-refractivity contribution is 6.77. The fourth-order valence-corrected chi connectivity index (χ4v) is 3.56. The van der Waals surface area contributed by atoms with Crippen molar-refractivity contribution in [3.8, 4) is 0 Å². The Bertz CT molecular complexity index is 290. The summed E-state index contributed by atoms with van der Waals surface area (Å²) >= 11 is 0. The molecule has 0 aromatic heterocycles. The summed E-state index contributed by atoms with van der Waals surface area (Å²) in [7, 11) is -1.29. The number of unbranched alkanes of at least 4 members (excludes halogenated alkanes) is 1. The highest BCUT2D eigenvalue weighted by Gasteiger charge is 2.22. The molecule has 19 heavy (non-hydrogen) atoms. The van der Waals surface area contributed by atoms with Crippen molar-refractivity contribution >= 4 is 14.0 Å². The molecule has 2 nitrogen and oxygen atoms in total. The average Bonchev–Trinajstić information content (AvgIpc) is 2.31. The average molecular weight is 285 g/mol. The van der Waals surface area contributed by atoms with Gasteiger partial charge in [-0.15, -0.1) is 0 Å². The summed E-state index contributed by atoms with van der Waals surface area (Å²) in [4.78, 5) is 12.1. The maximum atomic E-state index is 12.1. The fraction of sp³-hybridized carbons (Fsp3) is 0.812. The van der Waals surface area contributed by atoms with Crippen LogP contribution >= 0.6 is 0 Å². The molecule has 0 heterocycles. The zero-order valence-electron chi connectivity index (χ0n) is 13.7. The van der Waals surface area contributed by atoms with Gasteiger partial charge in [0, 0.05) is 13.6 Å². The van der Waals surface area contributed by atoms with E-state index in [2.05, 4.69) is 39.6 Å². The first-order valence-electron chi connectivity index (χ1n) is 7.71. The van der Waals surface area contributed by atoms with Gasteiger partial charge in [0.1, 0.15) is 0 Å². The quantitative estimate of drug-likeness (QED) is 0.337. The molecule has 1 atom stereocenters. The molecule has 0 aliphatic heterocycles. The van der Waals surface area contributed by atoms with Gasteiger partial charge in [0.25, 0.3) is 0 Å². The largest absolute Gasteiger partial charge is 0.463 e. The van der Waals surface area contributed by atoms with E-state index in [1.807, 2.05) is 6.92 Å². The highest BCUT2D eigenvalue weighted by atomic mass is 28.3. The van der Waals surface area contributed by atoms with E-state index in [4.69, 9.17) is 4.74 Å². The summed E-state index contributed by atoms with van der Waals surface area (Å²) in [6.45, 7) is 13.7. The summed E-state index contributed by atoms with van der Waals surface area (Å²) in [5, 5.41) is 0. The van der Waals surface area contributed by atoms with Crippen molar-refractivity contribution in [1.82, 2.24) is 0 Å². The zero-order chi connectivity index (χ0) is 14.9. The molecule has 0 spiro atoms. The van der Waals surface area contributed by atoms with Crippen LogP contribution in [0.3, 0.4) is 0 Å². The van der Waals surface area contributed by atoms with Crippen molar-refractivity contribution in [2.45, 2.75) is 72.1 Å². The molecule has 0 aromatic carbocycles. The van der Waals surface area contributed by atoms with Crippen LogP contribution in [0.5, 0.6) is 0 Å². The van der Waals surface area contributed by atoms with Crippen molar-refractivity contribution in [3.63, 3.8) is 0 Å². The minimum Gasteiger partial charge on any atom is -0.463 e. The van der Waals surface area contributed by atoms with Gasteiger partial charge in [-0.2, -0.15) is 0 Å². The van der Waals surface area contributed by atoms with Crippen LogP contribution in [0.15, 0.2) is 11.6 Å². The van der Waals surface area contributed by atoms with E-state index in [0.717, 1.165) is 18.0 Å². The van der Waals surface area contributed by atoms with Crippen molar-refractivity contribution < 1.29 is 9.53 Å². The molecule has 0 N–H and O–H groups in total. The third kappa shape index (κ3) is 9.03. The molecule has 0 saturated heterocycles. The lowest BCUT2D eigenvalue weighted by atomic mass is 9.97. The van der Waals surface area contributed by atoms with Crippen molar-refractivity contribution in [2.24, 2.45) is 5.92 Å². The maximum Gasteiger partial charge on any atom is 0.333 e. The summed E-state index contributed by atoms with van der Waals surface area (Å²) in [5.74, 6) is 0.426. The number of ether oxygens (including phenoxy) is 1. The van der Waals surface area contributed by atoms with Gasteiger partial charge in [-0.1, -0.05) is 52.4 Å². The molecule has 0 saturated carbocycles. The van der Waals surface area contributed by atoms with Crippen LogP contribution in [0.25, 0.3) is 0 Å². The van der Waals surface area contributed by atoms with E-state index in [0.29, 0.717) is 12.5 Å². The smallest absolute Gasteiger partial charge is 0.333 e. The Morgan fingerprint density at radius 2 is 1.84 bits per heavy atom. The number of esters is 1. The lowest BCUT2D eigenvalue weighted by Crippen LogP contribution is -2.24. The SMILES string of the molecule is CCCCC(/C=C(\C[Si](C)(C)C)C(=O)OCC)CC. The Morgan fingerprint density at radius 3 is 2.26 bits per heavy atom. The number of hydrogen-bond donors (Lipinski definition) is 0. The minimum atomic E-state index is -1.29. The lowest BCUT2D eigenvalue weighted by Gasteiger charge is -2.19.